The van der Waals surface area contributed by atoms with Gasteiger partial charge >= 0.3 is 0 Å². The van der Waals surface area contributed by atoms with E-state index in [9.17, 15) is 5.11 Å². The highest BCUT2D eigenvalue weighted by Gasteiger charge is 2.12. The molecule has 1 unspecified atom stereocenters. The smallest absolute Gasteiger partial charge is 0.0577 e. The minimum atomic E-state index is -0.0973. The zero-order valence-electron chi connectivity index (χ0n) is 6.21. The molecule has 0 aromatic heterocycles. The fraction of sp³-hybridized carbons (Fsp3) is 0.556. The molecule has 0 heterocycles. The maximum atomic E-state index is 9.23. The Hall–Kier alpha value is -0.560. The number of allylic oxidation sites excluding steroid dienone is 2. The van der Waals surface area contributed by atoms with E-state index in [-0.39, 0.29) is 6.10 Å². The van der Waals surface area contributed by atoms with E-state index in [1.807, 2.05) is 6.08 Å². The number of aliphatic hydroxyl groups excluding tert-OH is 1. The fourth-order valence-electron chi connectivity index (χ4n) is 1.39. The van der Waals surface area contributed by atoms with E-state index in [4.69, 9.17) is 0 Å². The van der Waals surface area contributed by atoms with Gasteiger partial charge in [-0.1, -0.05) is 24.3 Å². The lowest BCUT2D eigenvalue weighted by Crippen LogP contribution is -2.12. The summed E-state index contributed by atoms with van der Waals surface area (Å²) >= 11 is 0. The van der Waals surface area contributed by atoms with Gasteiger partial charge in [0.25, 0.3) is 0 Å². The van der Waals surface area contributed by atoms with Crippen LogP contribution in [0, 0.1) is 0 Å². The molecule has 0 aromatic carbocycles. The molecule has 0 aliphatic heterocycles. The van der Waals surface area contributed by atoms with Gasteiger partial charge in [-0.25, -0.2) is 0 Å². The fourth-order valence-corrected chi connectivity index (χ4v) is 1.39. The molecule has 56 valence electrons. The van der Waals surface area contributed by atoms with Gasteiger partial charge in [0.15, 0.2) is 0 Å². The Morgan fingerprint density at radius 3 is 3.00 bits per heavy atom. The third-order valence-corrected chi connectivity index (χ3v) is 1.89. The third-order valence-electron chi connectivity index (χ3n) is 1.89. The Labute approximate surface area is 62.1 Å². The standard InChI is InChI=1S/C9H14O/c1-2-4-8-5-3-6-9(10)7-8/h2,4,9-10H,1,3,5-7H2/b8-4+. The molecule has 0 aromatic rings. The van der Waals surface area contributed by atoms with Crippen LogP contribution in [0.15, 0.2) is 24.3 Å². The largest absolute Gasteiger partial charge is 0.393 e. The summed E-state index contributed by atoms with van der Waals surface area (Å²) in [4.78, 5) is 0. The summed E-state index contributed by atoms with van der Waals surface area (Å²) in [6.45, 7) is 3.62. The maximum Gasteiger partial charge on any atom is 0.0577 e. The lowest BCUT2D eigenvalue weighted by atomic mass is 9.92. The number of rotatable bonds is 1. The van der Waals surface area contributed by atoms with Crippen LogP contribution in [0.3, 0.4) is 0 Å². The predicted octanol–water partition coefficient (Wildman–Crippen LogP) is 2.03. The van der Waals surface area contributed by atoms with Crippen LogP contribution in [-0.2, 0) is 0 Å². The quantitative estimate of drug-likeness (QED) is 0.588. The van der Waals surface area contributed by atoms with Crippen LogP contribution in [0.25, 0.3) is 0 Å². The summed E-state index contributed by atoms with van der Waals surface area (Å²) in [5.74, 6) is 0. The van der Waals surface area contributed by atoms with Crippen molar-refractivity contribution < 1.29 is 5.11 Å². The van der Waals surface area contributed by atoms with Crippen molar-refractivity contribution >= 4 is 0 Å². The van der Waals surface area contributed by atoms with Crippen molar-refractivity contribution in [3.63, 3.8) is 0 Å². The molecular formula is C9H14O. The van der Waals surface area contributed by atoms with Crippen LogP contribution in [-0.4, -0.2) is 11.2 Å². The average Bonchev–Trinajstić information content (AvgIpc) is 1.88. The van der Waals surface area contributed by atoms with E-state index in [1.54, 1.807) is 6.08 Å². The van der Waals surface area contributed by atoms with Crippen LogP contribution in [0.4, 0.5) is 0 Å². The van der Waals surface area contributed by atoms with Crippen LogP contribution >= 0.6 is 0 Å². The summed E-state index contributed by atoms with van der Waals surface area (Å²) in [7, 11) is 0. The molecule has 0 saturated heterocycles. The van der Waals surface area contributed by atoms with Gasteiger partial charge in [0.2, 0.25) is 0 Å². The van der Waals surface area contributed by atoms with Gasteiger partial charge in [0.05, 0.1) is 6.10 Å². The first-order valence-corrected chi connectivity index (χ1v) is 3.81. The normalized spacial score (nSPS) is 30.5. The minimum Gasteiger partial charge on any atom is -0.393 e. The third kappa shape index (κ3) is 1.99. The molecule has 1 saturated carbocycles. The van der Waals surface area contributed by atoms with E-state index in [1.165, 1.54) is 5.57 Å². The number of hydrogen-bond acceptors (Lipinski definition) is 1. The Balaban J connectivity index is 2.46. The molecular weight excluding hydrogens is 124 g/mol. The molecule has 1 atom stereocenters. The first-order valence-electron chi connectivity index (χ1n) is 3.81. The van der Waals surface area contributed by atoms with E-state index in [0.29, 0.717) is 0 Å². The first kappa shape index (κ1) is 7.55. The summed E-state index contributed by atoms with van der Waals surface area (Å²) in [5, 5.41) is 9.23. The van der Waals surface area contributed by atoms with E-state index >= 15 is 0 Å². The van der Waals surface area contributed by atoms with Gasteiger partial charge in [-0.15, -0.1) is 0 Å². The van der Waals surface area contributed by atoms with Crippen molar-refractivity contribution in [1.29, 1.82) is 0 Å². The van der Waals surface area contributed by atoms with Crippen molar-refractivity contribution in [1.82, 2.24) is 0 Å². The SMILES string of the molecule is C=C/C=C1\CCCC(O)C1. The summed E-state index contributed by atoms with van der Waals surface area (Å²) in [5.41, 5.74) is 1.34. The molecule has 1 nitrogen and oxygen atoms in total. The molecule has 10 heavy (non-hydrogen) atoms. The molecule has 1 aliphatic carbocycles. The maximum absolute atomic E-state index is 9.23. The second-order valence-corrected chi connectivity index (χ2v) is 2.81. The minimum absolute atomic E-state index is 0.0973. The molecule has 0 spiro atoms. The van der Waals surface area contributed by atoms with E-state index in [0.717, 1.165) is 25.7 Å². The molecule has 1 heteroatoms. The van der Waals surface area contributed by atoms with Gasteiger partial charge < -0.3 is 5.11 Å². The predicted molar refractivity (Wildman–Crippen MR) is 42.8 cm³/mol. The first-order chi connectivity index (χ1) is 4.83. The van der Waals surface area contributed by atoms with Crippen LogP contribution in [0.2, 0.25) is 0 Å². The Bertz CT molecular complexity index is 147. The van der Waals surface area contributed by atoms with Gasteiger partial charge in [0.1, 0.15) is 0 Å². The van der Waals surface area contributed by atoms with Gasteiger partial charge in [-0.2, -0.15) is 0 Å². The highest BCUT2D eigenvalue weighted by molar-refractivity contribution is 5.12. The molecule has 0 radical (unpaired) electrons. The van der Waals surface area contributed by atoms with Crippen LogP contribution in [0.5, 0.6) is 0 Å². The summed E-state index contributed by atoms with van der Waals surface area (Å²) < 4.78 is 0. The molecule has 1 fully saturated rings. The van der Waals surface area contributed by atoms with Crippen molar-refractivity contribution in [3.05, 3.63) is 24.3 Å². The lowest BCUT2D eigenvalue weighted by Gasteiger charge is -2.18. The average molecular weight is 138 g/mol. The highest BCUT2D eigenvalue weighted by atomic mass is 16.3. The molecule has 1 N–H and O–H groups in total. The summed E-state index contributed by atoms with van der Waals surface area (Å²) in [6, 6.07) is 0. The van der Waals surface area contributed by atoms with E-state index < -0.39 is 0 Å². The van der Waals surface area contributed by atoms with Crippen LogP contribution < -0.4 is 0 Å². The Morgan fingerprint density at radius 2 is 2.40 bits per heavy atom. The molecule has 0 bridgehead atoms. The second-order valence-electron chi connectivity index (χ2n) is 2.81. The van der Waals surface area contributed by atoms with Gasteiger partial charge in [0, 0.05) is 0 Å². The monoisotopic (exact) mass is 138 g/mol. The van der Waals surface area contributed by atoms with E-state index in [2.05, 4.69) is 6.58 Å². The number of hydrogen-bond donors (Lipinski definition) is 1. The zero-order valence-corrected chi connectivity index (χ0v) is 6.21. The summed E-state index contributed by atoms with van der Waals surface area (Å²) in [6.07, 6.45) is 7.81. The topological polar surface area (TPSA) is 20.2 Å². The van der Waals surface area contributed by atoms with Crippen molar-refractivity contribution in [3.8, 4) is 0 Å². The van der Waals surface area contributed by atoms with Crippen molar-refractivity contribution in [2.45, 2.75) is 31.8 Å². The number of aliphatic hydroxyl groups is 1. The Kier molecular flexibility index (Phi) is 2.69. The van der Waals surface area contributed by atoms with Crippen LogP contribution in [0.1, 0.15) is 25.7 Å². The second kappa shape index (κ2) is 3.57. The molecule has 1 rings (SSSR count). The van der Waals surface area contributed by atoms with Gasteiger partial charge in [-0.05, 0) is 25.7 Å². The van der Waals surface area contributed by atoms with Crippen molar-refractivity contribution in [2.24, 2.45) is 0 Å². The molecule has 1 aliphatic rings. The zero-order chi connectivity index (χ0) is 7.40. The molecule has 0 amide bonds. The van der Waals surface area contributed by atoms with Crippen molar-refractivity contribution in [2.75, 3.05) is 0 Å². The van der Waals surface area contributed by atoms with Gasteiger partial charge in [-0.3, -0.25) is 0 Å². The Morgan fingerprint density at radius 1 is 1.60 bits per heavy atom. The lowest BCUT2D eigenvalue weighted by molar-refractivity contribution is 0.149. The highest BCUT2D eigenvalue weighted by Crippen LogP contribution is 2.22.